The van der Waals surface area contributed by atoms with Crippen LogP contribution in [-0.2, 0) is 17.6 Å². The first kappa shape index (κ1) is 20.3. The van der Waals surface area contributed by atoms with Crippen molar-refractivity contribution in [2.45, 2.75) is 25.7 Å². The third kappa shape index (κ3) is 4.83. The van der Waals surface area contributed by atoms with E-state index in [1.54, 1.807) is 6.20 Å². The van der Waals surface area contributed by atoms with Crippen LogP contribution in [0.5, 0.6) is 0 Å². The molecular formula is C24H26BrN5O. The number of rotatable bonds is 5. The van der Waals surface area contributed by atoms with Crippen LogP contribution in [0.1, 0.15) is 24.0 Å². The molecule has 1 fully saturated rings. The summed E-state index contributed by atoms with van der Waals surface area (Å²) < 4.78 is 6.27. The van der Waals surface area contributed by atoms with Gasteiger partial charge in [0.2, 0.25) is 5.95 Å². The highest BCUT2D eigenvalue weighted by molar-refractivity contribution is 9.10. The Hall–Kier alpha value is -2.64. The van der Waals surface area contributed by atoms with Crippen LogP contribution in [0.15, 0.2) is 53.1 Å². The van der Waals surface area contributed by atoms with Gasteiger partial charge in [-0.25, -0.2) is 4.98 Å². The van der Waals surface area contributed by atoms with Crippen LogP contribution in [0.25, 0.3) is 0 Å². The molecule has 1 aliphatic heterocycles. The van der Waals surface area contributed by atoms with Crippen molar-refractivity contribution in [3.8, 4) is 0 Å². The van der Waals surface area contributed by atoms with Crippen LogP contribution in [-0.4, -0.2) is 36.3 Å². The lowest BCUT2D eigenvalue weighted by Crippen LogP contribution is -2.36. The first-order valence-corrected chi connectivity index (χ1v) is 11.6. The number of aryl methyl sites for hydroxylation is 2. The number of nitrogens with zero attached hydrogens (tertiary/aromatic N) is 3. The molecule has 2 heterocycles. The first-order valence-electron chi connectivity index (χ1n) is 10.9. The number of nitrogens with one attached hydrogen (secondary N) is 2. The summed E-state index contributed by atoms with van der Waals surface area (Å²) in [6.07, 6.45) is 6.68. The lowest BCUT2D eigenvalue weighted by Gasteiger charge is -2.28. The first-order chi connectivity index (χ1) is 15.2. The average molecular weight is 480 g/mol. The molecule has 5 rings (SSSR count). The molecule has 31 heavy (non-hydrogen) atoms. The summed E-state index contributed by atoms with van der Waals surface area (Å²) in [5.41, 5.74) is 6.14. The summed E-state index contributed by atoms with van der Waals surface area (Å²) in [7, 11) is 0. The molecule has 0 unspecified atom stereocenters. The van der Waals surface area contributed by atoms with Gasteiger partial charge in [0.25, 0.3) is 0 Å². The lowest BCUT2D eigenvalue weighted by atomic mass is 9.91. The van der Waals surface area contributed by atoms with E-state index in [0.717, 1.165) is 54.4 Å². The van der Waals surface area contributed by atoms with Crippen LogP contribution in [0.2, 0.25) is 0 Å². The normalized spacial score (nSPS) is 16.0. The summed E-state index contributed by atoms with van der Waals surface area (Å²) in [6.45, 7) is 3.43. The van der Waals surface area contributed by atoms with E-state index in [4.69, 9.17) is 4.74 Å². The van der Waals surface area contributed by atoms with Crippen LogP contribution in [0.3, 0.4) is 0 Å². The van der Waals surface area contributed by atoms with E-state index in [1.807, 2.05) is 0 Å². The van der Waals surface area contributed by atoms with Crippen molar-refractivity contribution in [3.63, 3.8) is 0 Å². The van der Waals surface area contributed by atoms with Crippen LogP contribution in [0, 0.1) is 0 Å². The maximum Gasteiger partial charge on any atom is 0.229 e. The van der Waals surface area contributed by atoms with Crippen LogP contribution < -0.4 is 15.5 Å². The number of benzene rings is 2. The second-order valence-electron chi connectivity index (χ2n) is 7.98. The Bertz CT molecular complexity index is 1050. The van der Waals surface area contributed by atoms with Crippen molar-refractivity contribution in [3.05, 3.63) is 64.3 Å². The van der Waals surface area contributed by atoms with Gasteiger partial charge in [-0.2, -0.15) is 4.98 Å². The van der Waals surface area contributed by atoms with E-state index in [9.17, 15) is 0 Å². The van der Waals surface area contributed by atoms with Crippen LogP contribution in [0.4, 0.5) is 28.8 Å². The van der Waals surface area contributed by atoms with Gasteiger partial charge in [-0.3, -0.25) is 0 Å². The van der Waals surface area contributed by atoms with Gasteiger partial charge in [0, 0.05) is 36.3 Å². The Morgan fingerprint density at radius 2 is 1.61 bits per heavy atom. The standard InChI is InChI=1S/C24H26BrN5O/c25-22-16-26-24(28-19-7-9-21(10-8-19)30-11-13-31-14-12-30)29-23(22)27-20-6-5-17-3-1-2-4-18(17)15-20/h5-10,15-16H,1-4,11-14H2,(H2,26,27,28,29). The molecule has 0 bridgehead atoms. The molecule has 6 nitrogen and oxygen atoms in total. The largest absolute Gasteiger partial charge is 0.378 e. The molecule has 0 saturated carbocycles. The maximum absolute atomic E-state index is 5.43. The number of anilines is 5. The van der Waals surface area contributed by atoms with E-state index in [-0.39, 0.29) is 0 Å². The minimum atomic E-state index is 0.558. The summed E-state index contributed by atoms with van der Waals surface area (Å²) in [5.74, 6) is 1.31. The highest BCUT2D eigenvalue weighted by atomic mass is 79.9. The topological polar surface area (TPSA) is 62.3 Å². The van der Waals surface area contributed by atoms with Gasteiger partial charge in [-0.05, 0) is 89.1 Å². The van der Waals surface area contributed by atoms with Gasteiger partial charge in [-0.1, -0.05) is 6.07 Å². The molecule has 1 saturated heterocycles. The minimum absolute atomic E-state index is 0.558. The molecule has 1 aliphatic carbocycles. The molecule has 3 aromatic rings. The molecule has 0 spiro atoms. The van der Waals surface area contributed by atoms with E-state index >= 15 is 0 Å². The molecule has 7 heteroatoms. The van der Waals surface area contributed by atoms with Gasteiger partial charge in [0.1, 0.15) is 5.82 Å². The van der Waals surface area contributed by atoms with Crippen molar-refractivity contribution in [2.75, 3.05) is 41.8 Å². The zero-order valence-electron chi connectivity index (χ0n) is 17.4. The molecule has 1 aromatic heterocycles. The minimum Gasteiger partial charge on any atom is -0.378 e. The number of hydrogen-bond donors (Lipinski definition) is 2. The molecule has 0 amide bonds. The Morgan fingerprint density at radius 3 is 2.42 bits per heavy atom. The number of aromatic nitrogens is 2. The fourth-order valence-electron chi connectivity index (χ4n) is 4.17. The van der Waals surface area contributed by atoms with Gasteiger partial charge in [0.15, 0.2) is 0 Å². The van der Waals surface area contributed by atoms with Crippen molar-refractivity contribution < 1.29 is 4.74 Å². The summed E-state index contributed by atoms with van der Waals surface area (Å²) >= 11 is 3.57. The van der Waals surface area contributed by atoms with Gasteiger partial charge >= 0.3 is 0 Å². The Labute approximate surface area is 191 Å². The summed E-state index contributed by atoms with van der Waals surface area (Å²) in [5, 5.41) is 6.76. The van der Waals surface area contributed by atoms with E-state index < -0.39 is 0 Å². The quantitative estimate of drug-likeness (QED) is 0.507. The third-order valence-corrected chi connectivity index (χ3v) is 6.44. The van der Waals surface area contributed by atoms with Gasteiger partial charge in [0.05, 0.1) is 17.7 Å². The maximum atomic E-state index is 5.43. The Morgan fingerprint density at radius 1 is 0.871 bits per heavy atom. The Kier molecular flexibility index (Phi) is 6.04. The van der Waals surface area contributed by atoms with Crippen molar-refractivity contribution >= 4 is 44.8 Å². The number of morpholine rings is 1. The zero-order valence-corrected chi connectivity index (χ0v) is 19.0. The molecular weight excluding hydrogens is 454 g/mol. The SMILES string of the molecule is Brc1cnc(Nc2ccc(N3CCOCC3)cc2)nc1Nc1ccc2c(c1)CCCC2. The molecule has 0 atom stereocenters. The molecule has 160 valence electrons. The van der Waals surface area contributed by atoms with Gasteiger partial charge in [-0.15, -0.1) is 0 Å². The van der Waals surface area contributed by atoms with Crippen molar-refractivity contribution in [1.29, 1.82) is 0 Å². The fraction of sp³-hybridized carbons (Fsp3) is 0.333. The smallest absolute Gasteiger partial charge is 0.229 e. The second-order valence-corrected chi connectivity index (χ2v) is 8.83. The number of hydrogen-bond acceptors (Lipinski definition) is 6. The fourth-order valence-corrected chi connectivity index (χ4v) is 4.46. The molecule has 0 radical (unpaired) electrons. The van der Waals surface area contributed by atoms with E-state index in [2.05, 4.69) is 83.9 Å². The van der Waals surface area contributed by atoms with E-state index in [0.29, 0.717) is 5.95 Å². The Balaban J connectivity index is 1.29. The summed E-state index contributed by atoms with van der Waals surface area (Å²) in [4.78, 5) is 11.4. The monoisotopic (exact) mass is 479 g/mol. The number of fused-ring (bicyclic) bond motifs is 1. The molecule has 2 aromatic carbocycles. The van der Waals surface area contributed by atoms with E-state index in [1.165, 1.54) is 36.1 Å². The highest BCUT2D eigenvalue weighted by Crippen LogP contribution is 2.29. The van der Waals surface area contributed by atoms with Gasteiger partial charge < -0.3 is 20.3 Å². The number of halogens is 1. The predicted octanol–water partition coefficient (Wildman–Crippen LogP) is 5.44. The molecule has 2 N–H and O–H groups in total. The molecule has 2 aliphatic rings. The van der Waals surface area contributed by atoms with Crippen LogP contribution >= 0.6 is 15.9 Å². The third-order valence-electron chi connectivity index (χ3n) is 5.86. The highest BCUT2D eigenvalue weighted by Gasteiger charge is 2.13. The zero-order chi connectivity index (χ0) is 21.0. The average Bonchev–Trinajstić information content (AvgIpc) is 2.82. The second kappa shape index (κ2) is 9.24. The van der Waals surface area contributed by atoms with Crippen molar-refractivity contribution in [2.24, 2.45) is 0 Å². The predicted molar refractivity (Wildman–Crippen MR) is 129 cm³/mol. The summed E-state index contributed by atoms with van der Waals surface area (Å²) in [6, 6.07) is 15.0. The lowest BCUT2D eigenvalue weighted by molar-refractivity contribution is 0.122. The number of ether oxygens (including phenoxy) is 1. The van der Waals surface area contributed by atoms with Crippen molar-refractivity contribution in [1.82, 2.24) is 9.97 Å².